The predicted molar refractivity (Wildman–Crippen MR) is 78.4 cm³/mol. The van der Waals surface area contributed by atoms with Crippen molar-refractivity contribution >= 4 is 0 Å². The highest BCUT2D eigenvalue weighted by Crippen LogP contribution is 2.25. The summed E-state index contributed by atoms with van der Waals surface area (Å²) in [7, 11) is 0. The van der Waals surface area contributed by atoms with Crippen molar-refractivity contribution in [3.05, 3.63) is 35.4 Å². The molecule has 1 aliphatic rings. The van der Waals surface area contributed by atoms with Gasteiger partial charge in [-0.05, 0) is 37.5 Å². The van der Waals surface area contributed by atoms with Crippen LogP contribution in [0.2, 0.25) is 0 Å². The monoisotopic (exact) mass is 315 g/mol. The molecule has 0 amide bonds. The Morgan fingerprint density at radius 1 is 1.27 bits per heavy atom. The van der Waals surface area contributed by atoms with E-state index in [1.807, 2.05) is 6.92 Å². The topological polar surface area (TPSA) is 61.7 Å². The van der Waals surface area contributed by atoms with Gasteiger partial charge in [0.15, 0.2) is 11.6 Å². The molecule has 4 nitrogen and oxygen atoms in total. The molecule has 1 aromatic carbocycles. The predicted octanol–water partition coefficient (Wildman–Crippen LogP) is 1.91. The Morgan fingerprint density at radius 3 is 2.59 bits per heavy atom. The SMILES string of the molecule is CC(NCC(O)CC1(O)CCOCC1)c1ccc(F)c(F)c1. The highest BCUT2D eigenvalue weighted by molar-refractivity contribution is 5.20. The van der Waals surface area contributed by atoms with Gasteiger partial charge in [-0.15, -0.1) is 0 Å². The molecular formula is C16H23F2NO3. The molecule has 1 heterocycles. The summed E-state index contributed by atoms with van der Waals surface area (Å²) in [6.45, 7) is 3.08. The van der Waals surface area contributed by atoms with E-state index in [0.717, 1.165) is 12.1 Å². The van der Waals surface area contributed by atoms with Crippen molar-refractivity contribution < 1.29 is 23.7 Å². The van der Waals surface area contributed by atoms with Crippen LogP contribution in [0.15, 0.2) is 18.2 Å². The Hall–Kier alpha value is -1.08. The molecule has 0 aromatic heterocycles. The highest BCUT2D eigenvalue weighted by atomic mass is 19.2. The van der Waals surface area contributed by atoms with E-state index in [1.165, 1.54) is 6.07 Å². The summed E-state index contributed by atoms with van der Waals surface area (Å²) in [5, 5.41) is 23.5. The lowest BCUT2D eigenvalue weighted by molar-refractivity contribution is -0.0862. The number of nitrogens with one attached hydrogen (secondary N) is 1. The molecule has 0 aliphatic carbocycles. The van der Waals surface area contributed by atoms with E-state index < -0.39 is 23.3 Å². The first-order valence-corrected chi connectivity index (χ1v) is 7.56. The molecule has 3 N–H and O–H groups in total. The maximum atomic E-state index is 13.2. The minimum absolute atomic E-state index is 0.228. The molecule has 0 radical (unpaired) electrons. The molecule has 2 atom stereocenters. The molecule has 0 saturated carbocycles. The molecule has 6 heteroatoms. The van der Waals surface area contributed by atoms with E-state index in [9.17, 15) is 19.0 Å². The normalized spacial score (nSPS) is 20.6. The van der Waals surface area contributed by atoms with Crippen molar-refractivity contribution in [2.45, 2.75) is 43.9 Å². The molecule has 1 saturated heterocycles. The summed E-state index contributed by atoms with van der Waals surface area (Å²) < 4.78 is 31.3. The van der Waals surface area contributed by atoms with Gasteiger partial charge in [0, 0.05) is 32.2 Å². The molecular weight excluding hydrogens is 292 g/mol. The van der Waals surface area contributed by atoms with Crippen molar-refractivity contribution in [1.82, 2.24) is 5.32 Å². The smallest absolute Gasteiger partial charge is 0.159 e. The van der Waals surface area contributed by atoms with Gasteiger partial charge in [-0.2, -0.15) is 0 Å². The third-order valence-corrected chi connectivity index (χ3v) is 4.14. The Bertz CT molecular complexity index is 492. The number of halogens is 2. The number of aliphatic hydroxyl groups is 2. The lowest BCUT2D eigenvalue weighted by Gasteiger charge is -2.34. The van der Waals surface area contributed by atoms with E-state index in [0.29, 0.717) is 31.6 Å². The number of hydrogen-bond acceptors (Lipinski definition) is 4. The molecule has 22 heavy (non-hydrogen) atoms. The van der Waals surface area contributed by atoms with Crippen LogP contribution in [0, 0.1) is 11.6 Å². The average molecular weight is 315 g/mol. The van der Waals surface area contributed by atoms with Crippen LogP contribution in [0.25, 0.3) is 0 Å². The zero-order chi connectivity index (χ0) is 16.2. The van der Waals surface area contributed by atoms with Crippen LogP contribution < -0.4 is 5.32 Å². The van der Waals surface area contributed by atoms with Crippen molar-refractivity contribution in [2.75, 3.05) is 19.8 Å². The van der Waals surface area contributed by atoms with E-state index in [-0.39, 0.29) is 19.0 Å². The summed E-state index contributed by atoms with van der Waals surface area (Å²) in [5.41, 5.74) is -0.277. The number of rotatable bonds is 6. The van der Waals surface area contributed by atoms with E-state index >= 15 is 0 Å². The van der Waals surface area contributed by atoms with Crippen LogP contribution in [0.5, 0.6) is 0 Å². The van der Waals surface area contributed by atoms with Crippen molar-refractivity contribution in [2.24, 2.45) is 0 Å². The van der Waals surface area contributed by atoms with Gasteiger partial charge in [-0.3, -0.25) is 0 Å². The first kappa shape index (κ1) is 17.3. The quantitative estimate of drug-likeness (QED) is 0.750. The van der Waals surface area contributed by atoms with Gasteiger partial charge < -0.3 is 20.3 Å². The molecule has 1 aromatic rings. The molecule has 2 rings (SSSR count). The van der Waals surface area contributed by atoms with Crippen LogP contribution in [-0.4, -0.2) is 41.7 Å². The third-order valence-electron chi connectivity index (χ3n) is 4.14. The Kier molecular flexibility index (Phi) is 5.86. The molecule has 124 valence electrons. The fourth-order valence-corrected chi connectivity index (χ4v) is 2.68. The molecule has 1 fully saturated rings. The van der Waals surface area contributed by atoms with Crippen LogP contribution in [0.3, 0.4) is 0 Å². The van der Waals surface area contributed by atoms with Gasteiger partial charge in [-0.1, -0.05) is 6.07 Å². The highest BCUT2D eigenvalue weighted by Gasteiger charge is 2.32. The van der Waals surface area contributed by atoms with Gasteiger partial charge >= 0.3 is 0 Å². The molecule has 2 unspecified atom stereocenters. The van der Waals surface area contributed by atoms with Crippen LogP contribution in [0.4, 0.5) is 8.78 Å². The van der Waals surface area contributed by atoms with Gasteiger partial charge in [0.1, 0.15) is 0 Å². The number of ether oxygens (including phenoxy) is 1. The van der Waals surface area contributed by atoms with Gasteiger partial charge in [0.2, 0.25) is 0 Å². The Labute approximate surface area is 129 Å². The third kappa shape index (κ3) is 4.71. The number of aliphatic hydroxyl groups excluding tert-OH is 1. The van der Waals surface area contributed by atoms with E-state index in [2.05, 4.69) is 5.32 Å². The lowest BCUT2D eigenvalue weighted by Crippen LogP contribution is -2.42. The number of benzene rings is 1. The molecule has 1 aliphatic heterocycles. The maximum Gasteiger partial charge on any atom is 0.159 e. The molecule has 0 bridgehead atoms. The summed E-state index contributed by atoms with van der Waals surface area (Å²) in [4.78, 5) is 0. The fourth-order valence-electron chi connectivity index (χ4n) is 2.68. The lowest BCUT2D eigenvalue weighted by atomic mass is 9.88. The summed E-state index contributed by atoms with van der Waals surface area (Å²) in [5.74, 6) is -1.76. The average Bonchev–Trinajstić information content (AvgIpc) is 2.48. The van der Waals surface area contributed by atoms with Crippen molar-refractivity contribution in [3.63, 3.8) is 0 Å². The Balaban J connectivity index is 1.82. The van der Waals surface area contributed by atoms with Crippen molar-refractivity contribution in [1.29, 1.82) is 0 Å². The molecule has 0 spiro atoms. The first-order chi connectivity index (χ1) is 10.4. The summed E-state index contributed by atoms with van der Waals surface area (Å²) in [6.07, 6.45) is 0.593. The minimum Gasteiger partial charge on any atom is -0.392 e. The van der Waals surface area contributed by atoms with Crippen LogP contribution >= 0.6 is 0 Å². The van der Waals surface area contributed by atoms with Crippen molar-refractivity contribution in [3.8, 4) is 0 Å². The zero-order valence-corrected chi connectivity index (χ0v) is 12.7. The number of hydrogen-bond donors (Lipinski definition) is 3. The second kappa shape index (κ2) is 7.46. The van der Waals surface area contributed by atoms with E-state index in [1.54, 1.807) is 0 Å². The zero-order valence-electron chi connectivity index (χ0n) is 12.7. The van der Waals surface area contributed by atoms with Gasteiger partial charge in [0.25, 0.3) is 0 Å². The largest absolute Gasteiger partial charge is 0.392 e. The fraction of sp³-hybridized carbons (Fsp3) is 0.625. The van der Waals surface area contributed by atoms with Crippen LogP contribution in [0.1, 0.15) is 37.8 Å². The van der Waals surface area contributed by atoms with E-state index in [4.69, 9.17) is 4.74 Å². The van der Waals surface area contributed by atoms with Crippen LogP contribution in [-0.2, 0) is 4.74 Å². The maximum absolute atomic E-state index is 13.2. The van der Waals surface area contributed by atoms with Gasteiger partial charge in [0.05, 0.1) is 11.7 Å². The Morgan fingerprint density at radius 2 is 1.95 bits per heavy atom. The summed E-state index contributed by atoms with van der Waals surface area (Å²) in [6, 6.07) is 3.51. The minimum atomic E-state index is -0.886. The second-order valence-corrected chi connectivity index (χ2v) is 6.00. The van der Waals surface area contributed by atoms with Gasteiger partial charge in [-0.25, -0.2) is 8.78 Å². The standard InChI is InChI=1S/C16H23F2NO3/c1-11(12-2-3-14(17)15(18)8-12)19-10-13(20)9-16(21)4-6-22-7-5-16/h2-3,8,11,13,19-21H,4-7,9-10H2,1H3. The second-order valence-electron chi connectivity index (χ2n) is 6.00. The first-order valence-electron chi connectivity index (χ1n) is 7.56. The summed E-state index contributed by atoms with van der Waals surface area (Å²) >= 11 is 0.